The van der Waals surface area contributed by atoms with Crippen LogP contribution in [0, 0.1) is 13.8 Å². The first-order chi connectivity index (χ1) is 8.58. The van der Waals surface area contributed by atoms with Crippen molar-refractivity contribution >= 4 is 5.69 Å². The van der Waals surface area contributed by atoms with Crippen LogP contribution in [-0.2, 0) is 0 Å². The molecule has 0 aliphatic rings. The van der Waals surface area contributed by atoms with Gasteiger partial charge in [-0.1, -0.05) is 17.7 Å². The molecule has 2 aromatic rings. The van der Waals surface area contributed by atoms with E-state index in [1.165, 1.54) is 0 Å². The van der Waals surface area contributed by atoms with Crippen LogP contribution >= 0.6 is 0 Å². The van der Waals surface area contributed by atoms with Crippen molar-refractivity contribution in [3.8, 4) is 5.75 Å². The number of aryl methyl sites for hydroxylation is 2. The first-order valence-electron chi connectivity index (χ1n) is 6.05. The van der Waals surface area contributed by atoms with Crippen molar-refractivity contribution in [2.24, 2.45) is 0 Å². The van der Waals surface area contributed by atoms with E-state index in [-0.39, 0.29) is 6.04 Å². The Morgan fingerprint density at radius 3 is 2.72 bits per heavy atom. The summed E-state index contributed by atoms with van der Waals surface area (Å²) in [5.41, 5.74) is 3.99. The molecule has 0 aliphatic carbocycles. The van der Waals surface area contributed by atoms with Crippen molar-refractivity contribution in [3.63, 3.8) is 0 Å². The largest absolute Gasteiger partial charge is 0.508 e. The molecule has 0 saturated carbocycles. The molecule has 1 heterocycles. The van der Waals surface area contributed by atoms with Crippen LogP contribution < -0.4 is 5.32 Å². The van der Waals surface area contributed by atoms with Crippen LogP contribution in [0.2, 0.25) is 0 Å². The molecule has 2 N–H and O–H groups in total. The quantitative estimate of drug-likeness (QED) is 0.864. The van der Waals surface area contributed by atoms with Gasteiger partial charge in [0.2, 0.25) is 0 Å². The third-order valence-electron chi connectivity index (χ3n) is 3.03. The first-order valence-corrected chi connectivity index (χ1v) is 6.05. The van der Waals surface area contributed by atoms with Gasteiger partial charge in [0.15, 0.2) is 0 Å². The lowest BCUT2D eigenvalue weighted by molar-refractivity contribution is 0.465. The predicted octanol–water partition coefficient (Wildman–Crippen LogP) is 3.58. The van der Waals surface area contributed by atoms with Crippen LogP contribution in [0.3, 0.4) is 0 Å². The zero-order valence-corrected chi connectivity index (χ0v) is 10.9. The minimum atomic E-state index is 0.0350. The maximum Gasteiger partial charge on any atom is 0.120 e. The van der Waals surface area contributed by atoms with E-state index in [1.54, 1.807) is 12.3 Å². The molecule has 0 bridgehead atoms. The Labute approximate surface area is 108 Å². The molecule has 3 heteroatoms. The standard InChI is InChI=1S/C15H18N2O/c1-10-6-7-15(18)13(9-10)11(2)17-14-5-4-8-16-12(14)3/h4-9,11,17-18H,1-3H3. The van der Waals surface area contributed by atoms with Gasteiger partial charge < -0.3 is 10.4 Å². The summed E-state index contributed by atoms with van der Waals surface area (Å²) in [5, 5.41) is 13.3. The molecule has 1 aromatic carbocycles. The minimum absolute atomic E-state index is 0.0350. The number of anilines is 1. The highest BCUT2D eigenvalue weighted by Crippen LogP contribution is 2.28. The summed E-state index contributed by atoms with van der Waals surface area (Å²) >= 11 is 0. The molecule has 1 aromatic heterocycles. The topological polar surface area (TPSA) is 45.1 Å². The maximum atomic E-state index is 9.90. The molecule has 0 spiro atoms. The third kappa shape index (κ3) is 2.62. The first kappa shape index (κ1) is 12.4. The number of pyridine rings is 1. The lowest BCUT2D eigenvalue weighted by Crippen LogP contribution is -2.08. The highest BCUT2D eigenvalue weighted by molar-refractivity contribution is 5.50. The number of hydrogen-bond acceptors (Lipinski definition) is 3. The molecule has 0 fully saturated rings. The molecular weight excluding hydrogens is 224 g/mol. The fourth-order valence-corrected chi connectivity index (χ4v) is 1.97. The van der Waals surface area contributed by atoms with E-state index in [9.17, 15) is 5.11 Å². The summed E-state index contributed by atoms with van der Waals surface area (Å²) in [6.45, 7) is 6.01. The number of nitrogens with zero attached hydrogens (tertiary/aromatic N) is 1. The number of aromatic hydroxyl groups is 1. The van der Waals surface area contributed by atoms with Gasteiger partial charge in [-0.2, -0.15) is 0 Å². The van der Waals surface area contributed by atoms with Crippen LogP contribution in [0.15, 0.2) is 36.5 Å². The normalized spacial score (nSPS) is 12.2. The number of phenols is 1. The highest BCUT2D eigenvalue weighted by Gasteiger charge is 2.11. The Morgan fingerprint density at radius 1 is 1.22 bits per heavy atom. The monoisotopic (exact) mass is 242 g/mol. The molecule has 0 radical (unpaired) electrons. The van der Waals surface area contributed by atoms with E-state index < -0.39 is 0 Å². The van der Waals surface area contributed by atoms with E-state index in [1.807, 2.05) is 45.0 Å². The van der Waals surface area contributed by atoms with Crippen molar-refractivity contribution in [2.75, 3.05) is 5.32 Å². The number of aromatic nitrogens is 1. The molecule has 3 nitrogen and oxygen atoms in total. The van der Waals surface area contributed by atoms with E-state index in [4.69, 9.17) is 0 Å². The van der Waals surface area contributed by atoms with E-state index in [0.29, 0.717) is 5.75 Å². The Bertz CT molecular complexity index is 552. The van der Waals surface area contributed by atoms with Gasteiger partial charge in [-0.15, -0.1) is 0 Å². The number of rotatable bonds is 3. The van der Waals surface area contributed by atoms with Crippen molar-refractivity contribution in [1.82, 2.24) is 4.98 Å². The Hall–Kier alpha value is -2.03. The van der Waals surface area contributed by atoms with Crippen LogP contribution in [0.4, 0.5) is 5.69 Å². The van der Waals surface area contributed by atoms with E-state index in [2.05, 4.69) is 10.3 Å². The van der Waals surface area contributed by atoms with Gasteiger partial charge >= 0.3 is 0 Å². The molecule has 0 amide bonds. The summed E-state index contributed by atoms with van der Waals surface area (Å²) in [5.74, 6) is 0.321. The molecule has 1 unspecified atom stereocenters. The Balaban J connectivity index is 2.25. The SMILES string of the molecule is Cc1ccc(O)c(C(C)Nc2cccnc2C)c1. The molecule has 18 heavy (non-hydrogen) atoms. The van der Waals surface area contributed by atoms with Gasteiger partial charge in [-0.05, 0) is 39.0 Å². The average molecular weight is 242 g/mol. The number of benzene rings is 1. The van der Waals surface area contributed by atoms with Gasteiger partial charge in [-0.3, -0.25) is 4.98 Å². The van der Waals surface area contributed by atoms with E-state index in [0.717, 1.165) is 22.5 Å². The average Bonchev–Trinajstić information content (AvgIpc) is 2.35. The fourth-order valence-electron chi connectivity index (χ4n) is 1.97. The van der Waals surface area contributed by atoms with Crippen molar-refractivity contribution in [1.29, 1.82) is 0 Å². The van der Waals surface area contributed by atoms with Crippen LogP contribution in [0.1, 0.15) is 29.8 Å². The van der Waals surface area contributed by atoms with Gasteiger partial charge in [0.1, 0.15) is 5.75 Å². The summed E-state index contributed by atoms with van der Waals surface area (Å²) < 4.78 is 0. The van der Waals surface area contributed by atoms with Crippen LogP contribution in [0.25, 0.3) is 0 Å². The fraction of sp³-hybridized carbons (Fsp3) is 0.267. The van der Waals surface area contributed by atoms with Crippen molar-refractivity contribution in [3.05, 3.63) is 53.3 Å². The molecule has 2 rings (SSSR count). The highest BCUT2D eigenvalue weighted by atomic mass is 16.3. The van der Waals surface area contributed by atoms with Gasteiger partial charge in [0.25, 0.3) is 0 Å². The summed E-state index contributed by atoms with van der Waals surface area (Å²) in [7, 11) is 0. The van der Waals surface area contributed by atoms with Gasteiger partial charge in [0, 0.05) is 11.8 Å². The zero-order valence-electron chi connectivity index (χ0n) is 10.9. The smallest absolute Gasteiger partial charge is 0.120 e. The molecular formula is C15H18N2O. The summed E-state index contributed by atoms with van der Waals surface area (Å²) in [4.78, 5) is 4.24. The molecule has 1 atom stereocenters. The summed E-state index contributed by atoms with van der Waals surface area (Å²) in [6.07, 6.45) is 1.77. The van der Waals surface area contributed by atoms with Crippen LogP contribution in [-0.4, -0.2) is 10.1 Å². The van der Waals surface area contributed by atoms with Gasteiger partial charge in [0.05, 0.1) is 17.4 Å². The van der Waals surface area contributed by atoms with Crippen molar-refractivity contribution in [2.45, 2.75) is 26.8 Å². The lowest BCUT2D eigenvalue weighted by Gasteiger charge is -2.18. The second-order valence-corrected chi connectivity index (χ2v) is 4.56. The predicted molar refractivity (Wildman–Crippen MR) is 73.9 cm³/mol. The number of hydrogen-bond donors (Lipinski definition) is 2. The van der Waals surface area contributed by atoms with Crippen molar-refractivity contribution < 1.29 is 5.11 Å². The van der Waals surface area contributed by atoms with E-state index >= 15 is 0 Å². The Morgan fingerprint density at radius 2 is 2.00 bits per heavy atom. The molecule has 0 aliphatic heterocycles. The zero-order chi connectivity index (χ0) is 13.1. The number of phenolic OH excluding ortho intramolecular Hbond substituents is 1. The second kappa shape index (κ2) is 5.08. The lowest BCUT2D eigenvalue weighted by atomic mass is 10.0. The van der Waals surface area contributed by atoms with Crippen LogP contribution in [0.5, 0.6) is 5.75 Å². The second-order valence-electron chi connectivity index (χ2n) is 4.56. The maximum absolute atomic E-state index is 9.90. The molecule has 94 valence electrons. The molecule has 0 saturated heterocycles. The summed E-state index contributed by atoms with van der Waals surface area (Å²) in [6, 6.07) is 9.57. The Kier molecular flexibility index (Phi) is 3.51. The van der Waals surface area contributed by atoms with Gasteiger partial charge in [-0.25, -0.2) is 0 Å². The number of nitrogens with one attached hydrogen (secondary N) is 1. The minimum Gasteiger partial charge on any atom is -0.508 e. The third-order valence-corrected chi connectivity index (χ3v) is 3.03.